The number of amides is 1. The van der Waals surface area contributed by atoms with Crippen LogP contribution >= 0.6 is 0 Å². The van der Waals surface area contributed by atoms with E-state index >= 15 is 0 Å². The molecule has 138 valence electrons. The molecular formula is C21H21FN4O. The largest absolute Gasteiger partial charge is 0.354 e. The number of aromatic nitrogens is 3. The summed E-state index contributed by atoms with van der Waals surface area (Å²) in [4.78, 5) is 16.2. The van der Waals surface area contributed by atoms with Crippen molar-refractivity contribution in [3.8, 4) is 22.5 Å². The number of nitrogens with zero attached hydrogens (tertiary/aromatic N) is 3. The fourth-order valence-electron chi connectivity index (χ4n) is 3.20. The molecule has 6 heteroatoms. The van der Waals surface area contributed by atoms with E-state index in [4.69, 9.17) is 0 Å². The van der Waals surface area contributed by atoms with Crippen LogP contribution in [0.3, 0.4) is 0 Å². The van der Waals surface area contributed by atoms with Crippen LogP contribution in [0.5, 0.6) is 0 Å². The lowest BCUT2D eigenvalue weighted by atomic mass is 10.1. The number of nitrogens with one attached hydrogen (secondary N) is 1. The van der Waals surface area contributed by atoms with Crippen molar-refractivity contribution in [2.24, 2.45) is 11.8 Å². The molecule has 2 aromatic heterocycles. The number of pyridine rings is 1. The lowest BCUT2D eigenvalue weighted by Gasteiger charge is -2.08. The van der Waals surface area contributed by atoms with Crippen LogP contribution in [-0.2, 0) is 11.3 Å². The quantitative estimate of drug-likeness (QED) is 0.728. The van der Waals surface area contributed by atoms with Gasteiger partial charge in [0.15, 0.2) is 0 Å². The topological polar surface area (TPSA) is 59.8 Å². The lowest BCUT2D eigenvalue weighted by Crippen LogP contribution is -2.29. The molecule has 1 fully saturated rings. The van der Waals surface area contributed by atoms with Crippen LogP contribution in [0.15, 0.2) is 54.9 Å². The first-order valence-electron chi connectivity index (χ1n) is 9.14. The molecule has 1 aromatic carbocycles. The van der Waals surface area contributed by atoms with Crippen molar-refractivity contribution < 1.29 is 9.18 Å². The Morgan fingerprint density at radius 3 is 2.70 bits per heavy atom. The average molecular weight is 364 g/mol. The highest BCUT2D eigenvalue weighted by Gasteiger charge is 2.38. The van der Waals surface area contributed by atoms with Gasteiger partial charge in [-0.15, -0.1) is 0 Å². The Morgan fingerprint density at radius 2 is 2.04 bits per heavy atom. The Labute approximate surface area is 157 Å². The van der Waals surface area contributed by atoms with Gasteiger partial charge in [-0.2, -0.15) is 5.10 Å². The van der Waals surface area contributed by atoms with E-state index in [0.29, 0.717) is 19.0 Å². The summed E-state index contributed by atoms with van der Waals surface area (Å²) in [5, 5.41) is 7.67. The molecule has 2 atom stereocenters. The lowest BCUT2D eigenvalue weighted by molar-refractivity contribution is -0.122. The van der Waals surface area contributed by atoms with Crippen LogP contribution in [0.25, 0.3) is 22.5 Å². The second-order valence-electron chi connectivity index (χ2n) is 7.00. The fraction of sp³-hybridized carbons (Fsp3) is 0.286. The molecule has 4 rings (SSSR count). The van der Waals surface area contributed by atoms with Crippen molar-refractivity contribution in [2.75, 3.05) is 6.54 Å². The number of hydrogen-bond donors (Lipinski definition) is 1. The molecule has 0 saturated heterocycles. The van der Waals surface area contributed by atoms with Crippen LogP contribution in [0, 0.1) is 17.7 Å². The monoisotopic (exact) mass is 364 g/mol. The number of benzene rings is 1. The molecule has 0 aliphatic heterocycles. The van der Waals surface area contributed by atoms with Crippen molar-refractivity contribution in [3.63, 3.8) is 0 Å². The first-order chi connectivity index (χ1) is 13.1. The summed E-state index contributed by atoms with van der Waals surface area (Å²) in [6, 6.07) is 12.1. The van der Waals surface area contributed by atoms with Gasteiger partial charge >= 0.3 is 0 Å². The Balaban J connectivity index is 1.56. The maximum absolute atomic E-state index is 13.2. The molecule has 2 heterocycles. The standard InChI is InChI=1S/C21H21FN4O/c1-14-11-18(14)21(27)24-9-10-26-20(16-3-2-8-23-13-16)12-19(25-26)15-4-6-17(22)7-5-15/h2-8,12-14,18H,9-11H2,1H3,(H,24,27)/t14-,18-/m0/s1. The molecule has 3 aromatic rings. The molecule has 0 bridgehead atoms. The van der Waals surface area contributed by atoms with E-state index in [1.165, 1.54) is 12.1 Å². The molecule has 0 unspecified atom stereocenters. The van der Waals surface area contributed by atoms with Crippen LogP contribution in [-0.4, -0.2) is 27.2 Å². The Kier molecular flexibility index (Phi) is 4.71. The minimum Gasteiger partial charge on any atom is -0.354 e. The van der Waals surface area contributed by atoms with Gasteiger partial charge in [0.25, 0.3) is 0 Å². The van der Waals surface area contributed by atoms with Crippen molar-refractivity contribution in [3.05, 3.63) is 60.7 Å². The maximum atomic E-state index is 13.2. The zero-order valence-electron chi connectivity index (χ0n) is 15.1. The predicted octanol–water partition coefficient (Wildman–Crippen LogP) is 3.52. The molecule has 0 radical (unpaired) electrons. The third-order valence-corrected chi connectivity index (χ3v) is 4.95. The summed E-state index contributed by atoms with van der Waals surface area (Å²) in [5.74, 6) is 0.500. The summed E-state index contributed by atoms with van der Waals surface area (Å²) in [5.41, 5.74) is 3.46. The Bertz CT molecular complexity index is 937. The van der Waals surface area contributed by atoms with E-state index < -0.39 is 0 Å². The molecule has 1 N–H and O–H groups in total. The fourth-order valence-corrected chi connectivity index (χ4v) is 3.20. The minimum atomic E-state index is -0.275. The first kappa shape index (κ1) is 17.4. The highest BCUT2D eigenvalue weighted by molar-refractivity contribution is 5.81. The molecule has 0 spiro atoms. The van der Waals surface area contributed by atoms with E-state index in [9.17, 15) is 9.18 Å². The average Bonchev–Trinajstić information content (AvgIpc) is 3.27. The summed E-state index contributed by atoms with van der Waals surface area (Å²) in [7, 11) is 0. The van der Waals surface area contributed by atoms with E-state index in [2.05, 4.69) is 22.3 Å². The molecule has 27 heavy (non-hydrogen) atoms. The van der Waals surface area contributed by atoms with Crippen LogP contribution in [0.4, 0.5) is 4.39 Å². The summed E-state index contributed by atoms with van der Waals surface area (Å²) in [6.45, 7) is 3.16. The number of rotatable bonds is 6. The third kappa shape index (κ3) is 3.89. The zero-order valence-corrected chi connectivity index (χ0v) is 15.1. The van der Waals surface area contributed by atoms with Gasteiger partial charge in [-0.25, -0.2) is 4.39 Å². The smallest absolute Gasteiger partial charge is 0.223 e. The minimum absolute atomic E-state index is 0.122. The van der Waals surface area contributed by atoms with Crippen molar-refractivity contribution >= 4 is 5.91 Å². The van der Waals surface area contributed by atoms with Crippen molar-refractivity contribution in [1.29, 1.82) is 0 Å². The van der Waals surface area contributed by atoms with Crippen LogP contribution < -0.4 is 5.32 Å². The first-order valence-corrected chi connectivity index (χ1v) is 9.14. The molecule has 1 aliphatic rings. The zero-order chi connectivity index (χ0) is 18.8. The molecule has 1 aliphatic carbocycles. The van der Waals surface area contributed by atoms with Crippen LogP contribution in [0.1, 0.15) is 13.3 Å². The molecular weight excluding hydrogens is 343 g/mol. The molecule has 1 amide bonds. The van der Waals surface area contributed by atoms with Crippen molar-refractivity contribution in [1.82, 2.24) is 20.1 Å². The number of halogens is 1. The van der Waals surface area contributed by atoms with E-state index in [1.807, 2.05) is 22.9 Å². The number of carbonyl (C=O) groups is 1. The van der Waals surface area contributed by atoms with Gasteiger partial charge in [-0.3, -0.25) is 14.5 Å². The maximum Gasteiger partial charge on any atom is 0.223 e. The van der Waals surface area contributed by atoms with Crippen LogP contribution in [0.2, 0.25) is 0 Å². The van der Waals surface area contributed by atoms with E-state index in [0.717, 1.165) is 28.9 Å². The Morgan fingerprint density at radius 1 is 1.26 bits per heavy atom. The van der Waals surface area contributed by atoms with Gasteiger partial charge in [0.2, 0.25) is 5.91 Å². The highest BCUT2D eigenvalue weighted by Crippen LogP contribution is 2.37. The van der Waals surface area contributed by atoms with Crippen molar-refractivity contribution in [2.45, 2.75) is 19.9 Å². The predicted molar refractivity (Wildman–Crippen MR) is 101 cm³/mol. The van der Waals surface area contributed by atoms with E-state index in [-0.39, 0.29) is 17.6 Å². The second-order valence-corrected chi connectivity index (χ2v) is 7.00. The van der Waals surface area contributed by atoms with Gasteiger partial charge in [-0.1, -0.05) is 6.92 Å². The SMILES string of the molecule is C[C@H]1C[C@@H]1C(=O)NCCn1nc(-c2ccc(F)cc2)cc1-c1cccnc1. The Hall–Kier alpha value is -3.02. The van der Waals surface area contributed by atoms with Gasteiger partial charge in [0.05, 0.1) is 17.9 Å². The van der Waals surface area contributed by atoms with Gasteiger partial charge in [0.1, 0.15) is 5.82 Å². The summed E-state index contributed by atoms with van der Waals surface area (Å²) < 4.78 is 15.1. The number of hydrogen-bond acceptors (Lipinski definition) is 3. The third-order valence-electron chi connectivity index (χ3n) is 4.95. The van der Waals surface area contributed by atoms with Gasteiger partial charge < -0.3 is 5.32 Å². The molecule has 1 saturated carbocycles. The summed E-state index contributed by atoms with van der Waals surface area (Å²) >= 11 is 0. The van der Waals surface area contributed by atoms with Gasteiger partial charge in [0, 0.05) is 36.0 Å². The highest BCUT2D eigenvalue weighted by atomic mass is 19.1. The summed E-state index contributed by atoms with van der Waals surface area (Å²) in [6.07, 6.45) is 4.48. The van der Waals surface area contributed by atoms with Gasteiger partial charge in [-0.05, 0) is 54.8 Å². The second kappa shape index (κ2) is 7.31. The van der Waals surface area contributed by atoms with E-state index in [1.54, 1.807) is 24.5 Å². The molecule has 5 nitrogen and oxygen atoms in total. The number of carbonyl (C=O) groups excluding carboxylic acids is 1. The normalized spacial score (nSPS) is 18.3.